The summed E-state index contributed by atoms with van der Waals surface area (Å²) in [5.41, 5.74) is 5.35. The highest BCUT2D eigenvalue weighted by Crippen LogP contribution is 2.29. The van der Waals surface area contributed by atoms with Crippen LogP contribution in [-0.4, -0.2) is 33.5 Å². The summed E-state index contributed by atoms with van der Waals surface area (Å²) in [5, 5.41) is 8.57. The maximum absolute atomic E-state index is 4.81. The van der Waals surface area contributed by atoms with Gasteiger partial charge in [-0.1, -0.05) is 0 Å². The molecular weight excluding hydrogens is 372 g/mol. The van der Waals surface area contributed by atoms with E-state index in [4.69, 9.17) is 4.98 Å². The highest BCUT2D eigenvalue weighted by Gasteiger charge is 2.15. The molecule has 138 valence electrons. The van der Waals surface area contributed by atoms with E-state index < -0.39 is 0 Å². The van der Waals surface area contributed by atoms with Gasteiger partial charge in [-0.2, -0.15) is 9.47 Å². The predicted octanol–water partition coefficient (Wildman–Crippen LogP) is 3.70. The number of hydrogen-bond acceptors (Lipinski definition) is 7. The molecule has 0 spiro atoms. The maximum atomic E-state index is 4.81. The molecule has 0 radical (unpaired) electrons. The van der Waals surface area contributed by atoms with Crippen LogP contribution in [0, 0.1) is 6.92 Å². The second-order valence-electron chi connectivity index (χ2n) is 6.41. The molecule has 5 heterocycles. The SMILES string of the molecule is Cc1cc(Nc2nc(-c3cccnc3)cn3c(-c4cnn(C)c4)cnc23)sn1. The van der Waals surface area contributed by atoms with E-state index in [1.165, 1.54) is 11.5 Å². The fraction of sp³-hybridized carbons (Fsp3) is 0.105. The van der Waals surface area contributed by atoms with Crippen LogP contribution in [0.5, 0.6) is 0 Å². The molecule has 8 nitrogen and oxygen atoms in total. The van der Waals surface area contributed by atoms with Crippen LogP contribution in [0.2, 0.25) is 0 Å². The van der Waals surface area contributed by atoms with E-state index in [1.54, 1.807) is 17.1 Å². The lowest BCUT2D eigenvalue weighted by Crippen LogP contribution is -2.00. The van der Waals surface area contributed by atoms with Crippen LogP contribution in [0.15, 0.2) is 55.4 Å². The molecule has 0 aliphatic heterocycles. The average Bonchev–Trinajstić information content (AvgIpc) is 3.42. The van der Waals surface area contributed by atoms with Gasteiger partial charge in [0.25, 0.3) is 0 Å². The van der Waals surface area contributed by atoms with Gasteiger partial charge in [-0.15, -0.1) is 0 Å². The van der Waals surface area contributed by atoms with Crippen molar-refractivity contribution in [1.82, 2.24) is 33.5 Å². The minimum atomic E-state index is 0.667. The van der Waals surface area contributed by atoms with E-state index in [2.05, 4.69) is 24.8 Å². The Balaban J connectivity index is 1.71. The average molecular weight is 388 g/mol. The Labute approximate surface area is 164 Å². The van der Waals surface area contributed by atoms with Gasteiger partial charge in [0, 0.05) is 43.0 Å². The minimum Gasteiger partial charge on any atom is -0.328 e. The number of aryl methyl sites for hydroxylation is 2. The van der Waals surface area contributed by atoms with Gasteiger partial charge < -0.3 is 5.32 Å². The highest BCUT2D eigenvalue weighted by atomic mass is 32.1. The maximum Gasteiger partial charge on any atom is 0.181 e. The molecule has 0 saturated heterocycles. The molecule has 0 aliphatic carbocycles. The summed E-state index contributed by atoms with van der Waals surface area (Å²) in [6, 6.07) is 5.88. The molecule has 5 rings (SSSR count). The third-order valence-corrected chi connectivity index (χ3v) is 5.12. The fourth-order valence-electron chi connectivity index (χ4n) is 3.03. The van der Waals surface area contributed by atoms with Crippen LogP contribution in [0.3, 0.4) is 0 Å². The molecule has 5 aromatic heterocycles. The Morgan fingerprint density at radius 3 is 2.75 bits per heavy atom. The molecule has 0 fully saturated rings. The number of aromatic nitrogens is 7. The monoisotopic (exact) mass is 388 g/mol. The molecular formula is C19H16N8S. The molecule has 0 aliphatic rings. The van der Waals surface area contributed by atoms with Crippen molar-refractivity contribution < 1.29 is 0 Å². The first-order valence-electron chi connectivity index (χ1n) is 8.65. The van der Waals surface area contributed by atoms with Gasteiger partial charge in [0.2, 0.25) is 0 Å². The lowest BCUT2D eigenvalue weighted by Gasteiger charge is -2.09. The predicted molar refractivity (Wildman–Crippen MR) is 109 cm³/mol. The van der Waals surface area contributed by atoms with Crippen molar-refractivity contribution in [3.8, 4) is 22.5 Å². The summed E-state index contributed by atoms with van der Waals surface area (Å²) < 4.78 is 8.14. The van der Waals surface area contributed by atoms with E-state index >= 15 is 0 Å². The van der Waals surface area contributed by atoms with Crippen LogP contribution >= 0.6 is 11.5 Å². The molecule has 9 heteroatoms. The number of nitrogens with zero attached hydrogens (tertiary/aromatic N) is 7. The third-order valence-electron chi connectivity index (χ3n) is 4.32. The normalized spacial score (nSPS) is 11.2. The molecule has 0 atom stereocenters. The third kappa shape index (κ3) is 2.91. The van der Waals surface area contributed by atoms with Gasteiger partial charge in [0.15, 0.2) is 11.5 Å². The van der Waals surface area contributed by atoms with Crippen LogP contribution in [-0.2, 0) is 7.05 Å². The summed E-state index contributed by atoms with van der Waals surface area (Å²) >= 11 is 1.40. The van der Waals surface area contributed by atoms with Crippen LogP contribution in [0.1, 0.15) is 5.69 Å². The Kier molecular flexibility index (Phi) is 3.87. The van der Waals surface area contributed by atoms with E-state index in [0.29, 0.717) is 5.82 Å². The summed E-state index contributed by atoms with van der Waals surface area (Å²) in [7, 11) is 1.90. The Morgan fingerprint density at radius 1 is 1.11 bits per heavy atom. The summed E-state index contributed by atoms with van der Waals surface area (Å²) in [6.45, 7) is 1.97. The molecule has 0 unspecified atom stereocenters. The van der Waals surface area contributed by atoms with Crippen molar-refractivity contribution in [2.75, 3.05) is 5.32 Å². The van der Waals surface area contributed by atoms with Gasteiger partial charge in [-0.3, -0.25) is 14.1 Å². The van der Waals surface area contributed by atoms with E-state index in [9.17, 15) is 0 Å². The number of hydrogen-bond donors (Lipinski definition) is 1. The minimum absolute atomic E-state index is 0.667. The first kappa shape index (κ1) is 16.6. The number of rotatable bonds is 4. The zero-order valence-electron chi connectivity index (χ0n) is 15.2. The number of nitrogens with one attached hydrogen (secondary N) is 1. The Bertz CT molecular complexity index is 1270. The van der Waals surface area contributed by atoms with Crippen molar-refractivity contribution in [3.05, 3.63) is 61.1 Å². The highest BCUT2D eigenvalue weighted by molar-refractivity contribution is 7.10. The summed E-state index contributed by atoms with van der Waals surface area (Å²) in [5.74, 6) is 0.667. The second kappa shape index (κ2) is 6.54. The Morgan fingerprint density at radius 2 is 2.04 bits per heavy atom. The quantitative estimate of drug-likeness (QED) is 0.505. The molecule has 28 heavy (non-hydrogen) atoms. The second-order valence-corrected chi connectivity index (χ2v) is 7.22. The molecule has 5 aromatic rings. The molecule has 0 saturated carbocycles. The molecule has 0 aromatic carbocycles. The Hall–Kier alpha value is -3.59. The van der Waals surface area contributed by atoms with Crippen molar-refractivity contribution in [1.29, 1.82) is 0 Å². The first-order chi connectivity index (χ1) is 13.7. The molecule has 1 N–H and O–H groups in total. The largest absolute Gasteiger partial charge is 0.328 e. The lowest BCUT2D eigenvalue weighted by atomic mass is 10.2. The van der Waals surface area contributed by atoms with E-state index in [0.717, 1.165) is 38.9 Å². The van der Waals surface area contributed by atoms with Gasteiger partial charge >= 0.3 is 0 Å². The van der Waals surface area contributed by atoms with Crippen LogP contribution in [0.4, 0.5) is 10.8 Å². The van der Waals surface area contributed by atoms with Gasteiger partial charge in [-0.25, -0.2) is 9.97 Å². The van der Waals surface area contributed by atoms with Crippen molar-refractivity contribution >= 4 is 28.0 Å². The van der Waals surface area contributed by atoms with Crippen LogP contribution in [0.25, 0.3) is 28.2 Å². The van der Waals surface area contributed by atoms with Crippen molar-refractivity contribution in [3.63, 3.8) is 0 Å². The van der Waals surface area contributed by atoms with Gasteiger partial charge in [0.05, 0.1) is 29.5 Å². The number of fused-ring (bicyclic) bond motifs is 1. The fourth-order valence-corrected chi connectivity index (χ4v) is 3.69. The van der Waals surface area contributed by atoms with Gasteiger partial charge in [0.1, 0.15) is 5.00 Å². The topological polar surface area (TPSA) is 85.8 Å². The summed E-state index contributed by atoms with van der Waals surface area (Å²) in [6.07, 6.45) is 11.2. The number of pyridine rings is 1. The molecule has 0 amide bonds. The number of imidazole rings is 1. The number of anilines is 2. The zero-order valence-corrected chi connectivity index (χ0v) is 16.1. The molecule has 0 bridgehead atoms. The van der Waals surface area contributed by atoms with E-state index in [-0.39, 0.29) is 0 Å². The van der Waals surface area contributed by atoms with E-state index in [1.807, 2.05) is 61.4 Å². The first-order valence-corrected chi connectivity index (χ1v) is 9.42. The smallest absolute Gasteiger partial charge is 0.181 e. The zero-order chi connectivity index (χ0) is 19.1. The van der Waals surface area contributed by atoms with Crippen molar-refractivity contribution in [2.45, 2.75) is 6.92 Å². The standard InChI is InChI=1S/C19H16N8S/c1-12-6-17(28-25-12)24-18-19-21-9-16(14-8-22-26(2)10-14)27(19)11-15(23-18)13-4-3-5-20-7-13/h3-11H,1-2H3,(H,23,24). The summed E-state index contributed by atoms with van der Waals surface area (Å²) in [4.78, 5) is 13.6. The van der Waals surface area contributed by atoms with Crippen molar-refractivity contribution in [2.24, 2.45) is 7.05 Å². The van der Waals surface area contributed by atoms with Crippen LogP contribution < -0.4 is 5.32 Å². The van der Waals surface area contributed by atoms with Gasteiger partial charge in [-0.05, 0) is 36.7 Å². The lowest BCUT2D eigenvalue weighted by molar-refractivity contribution is 0.768.